The maximum absolute atomic E-state index is 16.8. The van der Waals surface area contributed by atoms with E-state index in [1.165, 1.54) is 7.11 Å². The van der Waals surface area contributed by atoms with Crippen molar-refractivity contribution in [1.29, 1.82) is 0 Å². The number of alkyl halides is 2. The van der Waals surface area contributed by atoms with E-state index < -0.39 is 41.8 Å². The average Bonchev–Trinajstić information content (AvgIpc) is 3.91. The van der Waals surface area contributed by atoms with Gasteiger partial charge in [0.05, 0.1) is 36.2 Å². The van der Waals surface area contributed by atoms with Crippen molar-refractivity contribution in [3.05, 3.63) is 59.5 Å². The smallest absolute Gasteiger partial charge is 0.453 e. The monoisotopic (exact) mass is 702 g/mol. The molecule has 51 heavy (non-hydrogen) atoms. The minimum absolute atomic E-state index is 0.112. The molecule has 2 aliphatic heterocycles. The first-order valence-electron chi connectivity index (χ1n) is 18.3. The number of carbonyl (C=O) groups is 2. The molecule has 1 saturated carbocycles. The number of imidazole rings is 1. The van der Waals surface area contributed by atoms with Crippen molar-refractivity contribution in [3.8, 4) is 22.4 Å². The summed E-state index contributed by atoms with van der Waals surface area (Å²) in [6.07, 6.45) is 5.58. The number of carbonyl (C=O) groups excluding carboxylic acids is 2. The minimum atomic E-state index is -2.99. The van der Waals surface area contributed by atoms with Gasteiger partial charge in [0.15, 0.2) is 0 Å². The fourth-order valence-electron chi connectivity index (χ4n) is 8.58. The highest BCUT2D eigenvalue weighted by Crippen LogP contribution is 2.63. The van der Waals surface area contributed by atoms with Crippen molar-refractivity contribution < 1.29 is 32.4 Å². The molecule has 1 aromatic heterocycles. The number of nitrogens with zero attached hydrogens (tertiary/aromatic N) is 2. The number of hydrogen-bond acceptors (Lipinski definition) is 6. The summed E-state index contributed by atoms with van der Waals surface area (Å²) in [7, 11) is 0.562. The van der Waals surface area contributed by atoms with Gasteiger partial charge in [0.25, 0.3) is 5.92 Å². The Kier molecular flexibility index (Phi) is 8.89. The number of rotatable bonds is 7. The van der Waals surface area contributed by atoms with E-state index in [0.717, 1.165) is 42.5 Å². The molecule has 2 atom stereocenters. The zero-order valence-electron chi connectivity index (χ0n) is 30.7. The molecule has 4 aliphatic rings. The molecule has 2 aromatic carbocycles. The number of amides is 2. The zero-order valence-corrected chi connectivity index (χ0v) is 30.7. The molecular weight excluding hydrogens is 653 g/mol. The number of H-pyrrole nitrogens is 1. The number of nitrogens with one attached hydrogen (secondary N) is 2. The van der Waals surface area contributed by atoms with Crippen LogP contribution in [0.3, 0.4) is 0 Å². The molecule has 2 amide bonds. The Hall–Kier alpha value is -3.77. The van der Waals surface area contributed by atoms with Crippen LogP contribution in [0.2, 0.25) is 0 Å². The fourth-order valence-corrected chi connectivity index (χ4v) is 8.58. The Morgan fingerprint density at radius 3 is 2.27 bits per heavy atom. The molecule has 0 radical (unpaired) electrons. The molecule has 0 bridgehead atoms. The van der Waals surface area contributed by atoms with Gasteiger partial charge >= 0.3 is 13.2 Å². The van der Waals surface area contributed by atoms with E-state index in [-0.39, 0.29) is 23.4 Å². The van der Waals surface area contributed by atoms with Crippen molar-refractivity contribution in [2.75, 3.05) is 13.7 Å². The lowest BCUT2D eigenvalue weighted by atomic mass is 9.73. The summed E-state index contributed by atoms with van der Waals surface area (Å²) in [6, 6.07) is 10.4. The van der Waals surface area contributed by atoms with Crippen molar-refractivity contribution in [1.82, 2.24) is 20.2 Å². The van der Waals surface area contributed by atoms with E-state index >= 15 is 8.78 Å². The number of methoxy groups -OCH3 is 1. The van der Waals surface area contributed by atoms with Gasteiger partial charge in [-0.25, -0.2) is 18.6 Å². The topological polar surface area (TPSA) is 106 Å². The third kappa shape index (κ3) is 5.86. The molecule has 2 aliphatic carbocycles. The van der Waals surface area contributed by atoms with Gasteiger partial charge in [-0.05, 0) is 93.4 Å². The van der Waals surface area contributed by atoms with Crippen LogP contribution in [0.25, 0.3) is 22.4 Å². The Morgan fingerprint density at radius 2 is 1.65 bits per heavy atom. The standard InChI is InChI=1S/C39H49BF2N4O5/c1-23(2)32(45-35(48)49-7)34(47)46-20-10-11-30(46)33-43-22-29(44-33)25-14-12-24(13-15-25)26-16-17-28(40-50-36(3,4)37(5,6)51-40)27-21-38(18-8-9-19-38)39(41,42)31(26)27/h12-17,22-23,30,32H,8-11,18-21H2,1-7H3,(H,43,44)(H,45,48)/t30-,32-/m0/s1. The average molecular weight is 703 g/mol. The first-order chi connectivity index (χ1) is 24.1. The summed E-state index contributed by atoms with van der Waals surface area (Å²) in [5.41, 5.74) is 2.10. The number of hydrogen-bond donors (Lipinski definition) is 2. The molecule has 3 fully saturated rings. The van der Waals surface area contributed by atoms with Gasteiger partial charge in [0.1, 0.15) is 11.9 Å². The second kappa shape index (κ2) is 12.7. The van der Waals surface area contributed by atoms with Gasteiger partial charge in [-0.2, -0.15) is 0 Å². The maximum Gasteiger partial charge on any atom is 0.495 e. The third-order valence-corrected chi connectivity index (χ3v) is 12.3. The van der Waals surface area contributed by atoms with Crippen LogP contribution >= 0.6 is 0 Å². The molecule has 2 N–H and O–H groups in total. The van der Waals surface area contributed by atoms with Gasteiger partial charge < -0.3 is 29.2 Å². The largest absolute Gasteiger partial charge is 0.495 e. The summed E-state index contributed by atoms with van der Waals surface area (Å²) in [5.74, 6) is -2.63. The normalized spacial score (nSPS) is 23.2. The molecule has 0 unspecified atom stereocenters. The highest BCUT2D eigenvalue weighted by atomic mass is 19.3. The number of halogens is 2. The van der Waals surface area contributed by atoms with E-state index in [4.69, 9.17) is 14.0 Å². The van der Waals surface area contributed by atoms with Crippen molar-refractivity contribution in [2.24, 2.45) is 11.3 Å². The lowest BCUT2D eigenvalue weighted by Gasteiger charge is -2.32. The van der Waals surface area contributed by atoms with E-state index in [0.29, 0.717) is 48.2 Å². The van der Waals surface area contributed by atoms with Crippen LogP contribution in [0.1, 0.15) is 103 Å². The van der Waals surface area contributed by atoms with Crippen molar-refractivity contribution in [2.45, 2.75) is 116 Å². The van der Waals surface area contributed by atoms with Gasteiger partial charge in [-0.15, -0.1) is 0 Å². The van der Waals surface area contributed by atoms with Crippen LogP contribution in [-0.4, -0.2) is 64.9 Å². The van der Waals surface area contributed by atoms with E-state index in [2.05, 4.69) is 15.3 Å². The molecule has 12 heteroatoms. The molecule has 2 saturated heterocycles. The second-order valence-corrected chi connectivity index (χ2v) is 16.2. The summed E-state index contributed by atoms with van der Waals surface area (Å²) in [6.45, 7) is 12.3. The quantitative estimate of drug-likeness (QED) is 0.251. The number of aromatic nitrogens is 2. The van der Waals surface area contributed by atoms with Gasteiger partial charge in [-0.1, -0.05) is 63.1 Å². The Bertz CT molecular complexity index is 1800. The lowest BCUT2D eigenvalue weighted by Crippen LogP contribution is -2.51. The molecule has 7 rings (SSSR count). The maximum atomic E-state index is 16.8. The van der Waals surface area contributed by atoms with Gasteiger partial charge in [0.2, 0.25) is 5.91 Å². The Balaban J connectivity index is 1.17. The number of alkyl carbamates (subject to hydrolysis) is 1. The Labute approximate surface area is 299 Å². The summed E-state index contributed by atoms with van der Waals surface area (Å²) >= 11 is 0. The predicted octanol–water partition coefficient (Wildman–Crippen LogP) is 7.30. The zero-order chi connectivity index (χ0) is 36.5. The van der Waals surface area contributed by atoms with E-state index in [9.17, 15) is 9.59 Å². The third-order valence-electron chi connectivity index (χ3n) is 12.3. The minimum Gasteiger partial charge on any atom is -0.453 e. The summed E-state index contributed by atoms with van der Waals surface area (Å²) < 4.78 is 51.2. The number of fused-ring (bicyclic) bond motifs is 1. The highest BCUT2D eigenvalue weighted by Gasteiger charge is 2.63. The molecule has 1 spiro atoms. The van der Waals surface area contributed by atoms with Crippen molar-refractivity contribution in [3.63, 3.8) is 0 Å². The summed E-state index contributed by atoms with van der Waals surface area (Å²) in [4.78, 5) is 35.4. The predicted molar refractivity (Wildman–Crippen MR) is 192 cm³/mol. The highest BCUT2D eigenvalue weighted by molar-refractivity contribution is 6.62. The van der Waals surface area contributed by atoms with Crippen LogP contribution in [0.15, 0.2) is 42.6 Å². The van der Waals surface area contributed by atoms with Crippen LogP contribution in [0.5, 0.6) is 0 Å². The van der Waals surface area contributed by atoms with Crippen LogP contribution < -0.4 is 10.8 Å². The second-order valence-electron chi connectivity index (χ2n) is 16.2. The number of aromatic amines is 1. The van der Waals surface area contributed by atoms with Crippen LogP contribution in [0.4, 0.5) is 13.6 Å². The van der Waals surface area contributed by atoms with Crippen molar-refractivity contribution >= 4 is 24.6 Å². The number of ether oxygens (including phenoxy) is 1. The van der Waals surface area contributed by atoms with Gasteiger partial charge in [0, 0.05) is 17.5 Å². The van der Waals surface area contributed by atoms with Gasteiger partial charge in [-0.3, -0.25) is 4.79 Å². The molecule has 3 aromatic rings. The summed E-state index contributed by atoms with van der Waals surface area (Å²) in [5, 5.41) is 2.68. The van der Waals surface area contributed by atoms with Crippen LogP contribution in [0, 0.1) is 11.3 Å². The fraction of sp³-hybridized carbons (Fsp3) is 0.564. The first kappa shape index (κ1) is 35.6. The molecule has 3 heterocycles. The lowest BCUT2D eigenvalue weighted by molar-refractivity contribution is -0.135. The van der Waals surface area contributed by atoms with Crippen LogP contribution in [-0.2, 0) is 31.2 Å². The van der Waals surface area contributed by atoms with E-state index in [1.54, 1.807) is 11.1 Å². The SMILES string of the molecule is COC(=O)N[C@H](C(=O)N1CCC[C@H]1c1ncc(-c2ccc(-c3ccc(B4OC(C)(C)C(C)(C)O4)c4c3C(F)(F)C3(CCCC3)C4)cc2)[nH]1)C(C)C. The first-order valence-corrected chi connectivity index (χ1v) is 18.3. The molecule has 9 nitrogen and oxygen atoms in total. The van der Waals surface area contributed by atoms with E-state index in [1.807, 2.05) is 77.9 Å². The molecular formula is C39H49BF2N4O5. The number of benzene rings is 2. The number of likely N-dealkylation sites (tertiary alicyclic amines) is 1. The Morgan fingerprint density at radius 1 is 1.00 bits per heavy atom. The molecule has 272 valence electrons.